The number of piperidine rings is 1. The highest BCUT2D eigenvalue weighted by atomic mass is 35.5. The third-order valence-electron chi connectivity index (χ3n) is 6.96. The summed E-state index contributed by atoms with van der Waals surface area (Å²) in [6, 6.07) is 7.28. The third kappa shape index (κ3) is 5.64. The molecule has 0 spiro atoms. The number of rotatable bonds is 8. The van der Waals surface area contributed by atoms with Crippen molar-refractivity contribution in [3.8, 4) is 11.8 Å². The summed E-state index contributed by atoms with van der Waals surface area (Å²) >= 11 is 6.51. The number of halogens is 1. The number of hydrogen-bond acceptors (Lipinski definition) is 10. The molecule has 2 atom stereocenters. The van der Waals surface area contributed by atoms with Crippen LogP contribution < -0.4 is 20.1 Å². The molecule has 200 valence electrons. The number of ether oxygens (including phenoxy) is 2. The average Bonchev–Trinajstić information content (AvgIpc) is 2.94. The molecule has 1 saturated heterocycles. The van der Waals surface area contributed by atoms with Gasteiger partial charge in [-0.2, -0.15) is 0 Å². The number of nitrogens with zero attached hydrogens (tertiary/aromatic N) is 4. The number of methoxy groups -OCH3 is 1. The predicted molar refractivity (Wildman–Crippen MR) is 140 cm³/mol. The van der Waals surface area contributed by atoms with Gasteiger partial charge in [-0.25, -0.2) is 14.8 Å². The topological polar surface area (TPSA) is 139 Å². The quantitative estimate of drug-likeness (QED) is 0.364. The van der Waals surface area contributed by atoms with Crippen LogP contribution in [-0.4, -0.2) is 75.7 Å². The molecule has 1 amide bonds. The lowest BCUT2D eigenvalue weighted by atomic mass is 9.93. The van der Waals surface area contributed by atoms with Crippen LogP contribution in [-0.2, 0) is 22.6 Å². The molecule has 0 saturated carbocycles. The van der Waals surface area contributed by atoms with E-state index in [2.05, 4.69) is 25.6 Å². The molecule has 5 rings (SSSR count). The number of carbonyl (C=O) groups is 2. The van der Waals surface area contributed by atoms with Crippen LogP contribution in [0, 0.1) is 0 Å². The Hall–Kier alpha value is -3.54. The first-order valence-electron chi connectivity index (χ1n) is 12.5. The zero-order chi connectivity index (χ0) is 26.6. The Labute approximate surface area is 224 Å². The highest BCUT2D eigenvalue weighted by molar-refractivity contribution is 6.32. The van der Waals surface area contributed by atoms with Crippen LogP contribution in [0.25, 0.3) is 11.0 Å². The first kappa shape index (κ1) is 26.1. The molecule has 12 heteroatoms. The van der Waals surface area contributed by atoms with Gasteiger partial charge in [0.15, 0.2) is 0 Å². The van der Waals surface area contributed by atoms with Gasteiger partial charge in [-0.05, 0) is 43.9 Å². The van der Waals surface area contributed by atoms with Gasteiger partial charge in [-0.1, -0.05) is 11.6 Å². The molecule has 0 aliphatic carbocycles. The number of esters is 1. The van der Waals surface area contributed by atoms with Crippen molar-refractivity contribution in [3.05, 3.63) is 46.7 Å². The van der Waals surface area contributed by atoms with Crippen LogP contribution in [0.3, 0.4) is 0 Å². The van der Waals surface area contributed by atoms with Crippen molar-refractivity contribution < 1.29 is 24.2 Å². The summed E-state index contributed by atoms with van der Waals surface area (Å²) in [5.74, 6) is 0.0736. The average molecular weight is 541 g/mol. The van der Waals surface area contributed by atoms with Crippen molar-refractivity contribution in [1.29, 1.82) is 0 Å². The van der Waals surface area contributed by atoms with Gasteiger partial charge in [0.1, 0.15) is 13.2 Å². The van der Waals surface area contributed by atoms with E-state index in [1.54, 1.807) is 24.3 Å². The molecule has 38 heavy (non-hydrogen) atoms. The first-order valence-corrected chi connectivity index (χ1v) is 12.9. The number of amides is 1. The third-order valence-corrected chi connectivity index (χ3v) is 7.29. The Bertz CT molecular complexity index is 1360. The van der Waals surface area contributed by atoms with Crippen molar-refractivity contribution in [2.24, 2.45) is 0 Å². The lowest BCUT2D eigenvalue weighted by molar-refractivity contribution is -0.138. The van der Waals surface area contributed by atoms with E-state index in [0.29, 0.717) is 48.0 Å². The summed E-state index contributed by atoms with van der Waals surface area (Å²) in [6.45, 7) is 0.486. The Morgan fingerprint density at radius 3 is 2.97 bits per heavy atom. The Morgan fingerprint density at radius 1 is 1.29 bits per heavy atom. The van der Waals surface area contributed by atoms with Gasteiger partial charge in [0, 0.05) is 43.0 Å². The number of aliphatic hydroxyl groups excluding tert-OH is 1. The molecule has 3 N–H and O–H groups in total. The zero-order valence-corrected chi connectivity index (χ0v) is 21.7. The van der Waals surface area contributed by atoms with E-state index < -0.39 is 6.61 Å². The number of carbonyl (C=O) groups excluding carboxylic acids is 2. The van der Waals surface area contributed by atoms with Gasteiger partial charge < -0.3 is 30.1 Å². The standard InChI is InChI=1S/C26H29ClN6O5/c1-37-22-9-8-20-25(32-22)18(19(27)11-29-20)6-5-17-4-2-16(13-33(17)23(35)14-34)28-10-15-3-7-21-26(31-15)38-24(36)12-30-21/h3,7-9,11,16-17,28,30,34H,2,4-6,10,12-14H2,1H3/t16-,17+/m0/s1. The largest absolute Gasteiger partial charge is 0.481 e. The summed E-state index contributed by atoms with van der Waals surface area (Å²) in [4.78, 5) is 39.3. The van der Waals surface area contributed by atoms with Gasteiger partial charge in [0.25, 0.3) is 0 Å². The highest BCUT2D eigenvalue weighted by Crippen LogP contribution is 2.29. The second kappa shape index (κ2) is 11.5. The summed E-state index contributed by atoms with van der Waals surface area (Å²) in [5.41, 5.74) is 3.68. The molecule has 2 aliphatic rings. The fraction of sp³-hybridized carbons (Fsp3) is 0.423. The molecular formula is C26H29ClN6O5. The molecular weight excluding hydrogens is 512 g/mol. The fourth-order valence-electron chi connectivity index (χ4n) is 4.98. The van der Waals surface area contributed by atoms with E-state index in [-0.39, 0.29) is 36.4 Å². The molecule has 0 unspecified atom stereocenters. The highest BCUT2D eigenvalue weighted by Gasteiger charge is 2.31. The minimum Gasteiger partial charge on any atom is -0.481 e. The van der Waals surface area contributed by atoms with E-state index in [9.17, 15) is 14.7 Å². The smallest absolute Gasteiger partial charge is 0.332 e. The van der Waals surface area contributed by atoms with Crippen LogP contribution >= 0.6 is 11.6 Å². The maximum absolute atomic E-state index is 12.7. The minimum absolute atomic E-state index is 0.0246. The summed E-state index contributed by atoms with van der Waals surface area (Å²) in [6.07, 6.45) is 4.50. The number of aliphatic hydroxyl groups is 1. The molecule has 0 bridgehead atoms. The van der Waals surface area contributed by atoms with Crippen LogP contribution in [0.15, 0.2) is 30.5 Å². The lowest BCUT2D eigenvalue weighted by Gasteiger charge is -2.40. The van der Waals surface area contributed by atoms with Gasteiger partial charge in [-0.15, -0.1) is 0 Å². The van der Waals surface area contributed by atoms with Crippen LogP contribution in [0.1, 0.15) is 30.5 Å². The molecule has 3 aromatic rings. The molecule has 0 aromatic carbocycles. The van der Waals surface area contributed by atoms with E-state index in [4.69, 9.17) is 21.1 Å². The van der Waals surface area contributed by atoms with E-state index in [1.165, 1.54) is 0 Å². The minimum atomic E-state index is -0.550. The van der Waals surface area contributed by atoms with Gasteiger partial charge >= 0.3 is 5.97 Å². The number of fused-ring (bicyclic) bond motifs is 2. The number of pyridine rings is 3. The number of aromatic nitrogens is 3. The molecule has 0 radical (unpaired) electrons. The number of likely N-dealkylation sites (tertiary alicyclic amines) is 1. The summed E-state index contributed by atoms with van der Waals surface area (Å²) < 4.78 is 10.5. The molecule has 5 heterocycles. The zero-order valence-electron chi connectivity index (χ0n) is 20.9. The molecule has 2 aliphatic heterocycles. The van der Waals surface area contributed by atoms with Crippen molar-refractivity contribution in [3.63, 3.8) is 0 Å². The van der Waals surface area contributed by atoms with Gasteiger partial charge in [0.05, 0.1) is 34.5 Å². The van der Waals surface area contributed by atoms with Crippen LogP contribution in [0.5, 0.6) is 11.8 Å². The molecule has 1 fully saturated rings. The second-order valence-corrected chi connectivity index (χ2v) is 9.75. The summed E-state index contributed by atoms with van der Waals surface area (Å²) in [7, 11) is 1.56. The monoisotopic (exact) mass is 540 g/mol. The van der Waals surface area contributed by atoms with Crippen LogP contribution in [0.2, 0.25) is 5.02 Å². The lowest BCUT2D eigenvalue weighted by Crippen LogP contribution is -2.53. The first-order chi connectivity index (χ1) is 18.4. The summed E-state index contributed by atoms with van der Waals surface area (Å²) in [5, 5.41) is 16.6. The maximum atomic E-state index is 12.7. The second-order valence-electron chi connectivity index (χ2n) is 9.34. The Balaban J connectivity index is 1.24. The number of nitrogens with one attached hydrogen (secondary N) is 2. The van der Waals surface area contributed by atoms with E-state index in [1.807, 2.05) is 18.2 Å². The number of hydrogen-bond donors (Lipinski definition) is 3. The van der Waals surface area contributed by atoms with Crippen LogP contribution in [0.4, 0.5) is 5.69 Å². The van der Waals surface area contributed by atoms with Crippen molar-refractivity contribution >= 4 is 40.2 Å². The Kier molecular flexibility index (Phi) is 7.87. The normalized spacial score (nSPS) is 19.0. The van der Waals surface area contributed by atoms with Crippen molar-refractivity contribution in [2.45, 2.75) is 44.3 Å². The molecule has 3 aromatic heterocycles. The van der Waals surface area contributed by atoms with Crippen molar-refractivity contribution in [1.82, 2.24) is 25.2 Å². The van der Waals surface area contributed by atoms with Crippen molar-refractivity contribution in [2.75, 3.05) is 32.1 Å². The number of aryl methyl sites for hydroxylation is 1. The Morgan fingerprint density at radius 2 is 2.16 bits per heavy atom. The van der Waals surface area contributed by atoms with E-state index in [0.717, 1.165) is 29.6 Å². The molecule has 11 nitrogen and oxygen atoms in total. The van der Waals surface area contributed by atoms with Gasteiger partial charge in [0.2, 0.25) is 17.7 Å². The SMILES string of the molecule is COc1ccc2ncc(Cl)c(CC[C@H]3CC[C@H](NCc4ccc5c(n4)OC(=O)CN5)CN3C(=O)CO)c2n1. The van der Waals surface area contributed by atoms with Gasteiger partial charge in [-0.3, -0.25) is 9.78 Å². The van der Waals surface area contributed by atoms with E-state index >= 15 is 0 Å². The predicted octanol–water partition coefficient (Wildman–Crippen LogP) is 2.09. The fourth-order valence-corrected chi connectivity index (χ4v) is 5.21. The maximum Gasteiger partial charge on any atom is 0.332 e. The number of anilines is 1.